The van der Waals surface area contributed by atoms with Crippen LogP contribution in [0.25, 0.3) is 22.2 Å². The fraction of sp³-hybridized carbons (Fsp3) is 0.316. The van der Waals surface area contributed by atoms with Crippen molar-refractivity contribution in [3.8, 4) is 11.1 Å². The highest BCUT2D eigenvalue weighted by molar-refractivity contribution is 6.01. The number of carboxylic acids is 1. The van der Waals surface area contributed by atoms with Crippen LogP contribution in [-0.2, 0) is 4.74 Å². The predicted octanol–water partition coefficient (Wildman–Crippen LogP) is 0.380. The van der Waals surface area contributed by atoms with Gasteiger partial charge in [0.05, 0.1) is 17.6 Å². The maximum absolute atomic E-state index is 11.4. The monoisotopic (exact) mass is 400 g/mol. The Kier molecular flexibility index (Phi) is 4.50. The van der Waals surface area contributed by atoms with Crippen LogP contribution in [-0.4, -0.2) is 65.3 Å². The lowest BCUT2D eigenvalue weighted by Crippen LogP contribution is -2.44. The van der Waals surface area contributed by atoms with Gasteiger partial charge >= 0.3 is 5.97 Å². The van der Waals surface area contributed by atoms with E-state index in [0.717, 1.165) is 0 Å². The van der Waals surface area contributed by atoms with E-state index in [9.17, 15) is 25.2 Å². The maximum Gasteiger partial charge on any atom is 0.335 e. The molecule has 0 amide bonds. The van der Waals surface area contributed by atoms with Gasteiger partial charge < -0.3 is 35.5 Å². The molecule has 6 N–H and O–H groups in total. The molecule has 3 heterocycles. The molecule has 29 heavy (non-hydrogen) atoms. The molecule has 152 valence electrons. The van der Waals surface area contributed by atoms with Crippen molar-refractivity contribution in [2.75, 3.05) is 12.3 Å². The zero-order valence-electron chi connectivity index (χ0n) is 15.4. The summed E-state index contributed by atoms with van der Waals surface area (Å²) >= 11 is 0. The van der Waals surface area contributed by atoms with Crippen LogP contribution in [0.15, 0.2) is 36.8 Å². The van der Waals surface area contributed by atoms with E-state index in [1.165, 1.54) is 30.0 Å². The van der Waals surface area contributed by atoms with E-state index >= 15 is 0 Å². The molecule has 0 spiro atoms. The lowest BCUT2D eigenvalue weighted by atomic mass is 9.96. The minimum atomic E-state index is -1.72. The Morgan fingerprint density at radius 3 is 2.79 bits per heavy atom. The van der Waals surface area contributed by atoms with E-state index in [-0.39, 0.29) is 11.4 Å². The maximum atomic E-state index is 11.4. The zero-order valence-corrected chi connectivity index (χ0v) is 15.4. The number of hydrogen-bond acceptors (Lipinski definition) is 8. The second-order valence-electron chi connectivity index (χ2n) is 7.17. The number of carbonyl (C=O) groups is 1. The van der Waals surface area contributed by atoms with Gasteiger partial charge in [0, 0.05) is 11.8 Å². The van der Waals surface area contributed by atoms with E-state index in [2.05, 4.69) is 9.97 Å². The third-order valence-electron chi connectivity index (χ3n) is 5.25. The number of fused-ring (bicyclic) bond motifs is 1. The van der Waals surface area contributed by atoms with Crippen molar-refractivity contribution in [1.82, 2.24) is 14.5 Å². The van der Waals surface area contributed by atoms with Gasteiger partial charge in [-0.05, 0) is 24.6 Å². The lowest BCUT2D eigenvalue weighted by molar-refractivity contribution is -0.0948. The number of benzene rings is 1. The number of rotatable bonds is 4. The SMILES string of the molecule is C[C@@]1(O)[C@H](O)[C@@H](CO)O[C@H]1n1cc(-c2cccc(C(=O)O)c2)c2c(N)ncnc21. The standard InChI is InChI=1S/C19H20N4O6/c1-19(28)14(25)12(7-24)29-18(19)23-6-11(13-15(20)21-8-22-16(13)23)9-3-2-4-10(5-9)17(26)27/h2-6,8,12,14,18,24-25,28H,7H2,1H3,(H,26,27)(H2,20,21,22)/t12-,14-,18-,19-/m1/s1. The number of anilines is 1. The van der Waals surface area contributed by atoms with Crippen molar-refractivity contribution in [2.45, 2.75) is 31.0 Å². The summed E-state index contributed by atoms with van der Waals surface area (Å²) in [4.78, 5) is 19.6. The van der Waals surface area contributed by atoms with Gasteiger partial charge in [-0.3, -0.25) is 0 Å². The number of nitrogens with zero attached hydrogens (tertiary/aromatic N) is 3. The number of ether oxygens (including phenoxy) is 1. The average Bonchev–Trinajstić information content (AvgIpc) is 3.18. The first-order valence-electron chi connectivity index (χ1n) is 8.87. The molecule has 3 aromatic rings. The third-order valence-corrected chi connectivity index (χ3v) is 5.25. The Hall–Kier alpha value is -3.05. The van der Waals surface area contributed by atoms with Gasteiger partial charge in [0.15, 0.2) is 6.23 Å². The zero-order chi connectivity index (χ0) is 20.9. The van der Waals surface area contributed by atoms with Crippen LogP contribution in [0.4, 0.5) is 5.82 Å². The molecule has 0 aliphatic carbocycles. The van der Waals surface area contributed by atoms with Crippen molar-refractivity contribution >= 4 is 22.8 Å². The highest BCUT2D eigenvalue weighted by atomic mass is 16.6. The molecule has 1 aliphatic rings. The van der Waals surface area contributed by atoms with Crippen LogP contribution >= 0.6 is 0 Å². The normalized spacial score (nSPS) is 26.8. The second-order valence-corrected chi connectivity index (χ2v) is 7.17. The Labute approximate surface area is 164 Å². The Morgan fingerprint density at radius 2 is 2.14 bits per heavy atom. The summed E-state index contributed by atoms with van der Waals surface area (Å²) in [5.74, 6) is -0.905. The molecule has 2 aromatic heterocycles. The number of aliphatic hydroxyl groups is 3. The van der Waals surface area contributed by atoms with E-state index in [1.54, 1.807) is 18.3 Å². The quantitative estimate of drug-likeness (QED) is 0.416. The molecular formula is C19H20N4O6. The molecule has 10 nitrogen and oxygen atoms in total. The molecule has 0 bridgehead atoms. The molecule has 1 fully saturated rings. The second kappa shape index (κ2) is 6.78. The van der Waals surface area contributed by atoms with Gasteiger partial charge in [-0.25, -0.2) is 14.8 Å². The number of aromatic nitrogens is 3. The van der Waals surface area contributed by atoms with Crippen molar-refractivity contribution in [3.05, 3.63) is 42.4 Å². The highest BCUT2D eigenvalue weighted by Crippen LogP contribution is 2.42. The van der Waals surface area contributed by atoms with E-state index in [4.69, 9.17) is 10.5 Å². The molecule has 4 atom stereocenters. The lowest BCUT2D eigenvalue weighted by Gasteiger charge is -2.27. The van der Waals surface area contributed by atoms with Gasteiger partial charge in [0.2, 0.25) is 0 Å². The topological polar surface area (TPSA) is 164 Å². The highest BCUT2D eigenvalue weighted by Gasteiger charge is 2.53. The van der Waals surface area contributed by atoms with E-state index < -0.39 is 36.6 Å². The van der Waals surface area contributed by atoms with Crippen LogP contribution < -0.4 is 5.73 Å². The number of carboxylic acid groups (broad SMARTS) is 1. The Bertz CT molecular complexity index is 1100. The van der Waals surface area contributed by atoms with Crippen molar-refractivity contribution in [1.29, 1.82) is 0 Å². The van der Waals surface area contributed by atoms with Crippen LogP contribution in [0.2, 0.25) is 0 Å². The summed E-state index contributed by atoms with van der Waals surface area (Å²) in [7, 11) is 0. The first-order valence-corrected chi connectivity index (χ1v) is 8.87. The van der Waals surface area contributed by atoms with Gasteiger partial charge in [-0.15, -0.1) is 0 Å². The number of nitrogens with two attached hydrogens (primary N) is 1. The number of hydrogen-bond donors (Lipinski definition) is 5. The molecule has 1 saturated heterocycles. The molecule has 0 saturated carbocycles. The molecule has 4 rings (SSSR count). The number of aromatic carboxylic acids is 1. The largest absolute Gasteiger partial charge is 0.478 e. The average molecular weight is 400 g/mol. The van der Waals surface area contributed by atoms with Gasteiger partial charge in [0.25, 0.3) is 0 Å². The van der Waals surface area contributed by atoms with Gasteiger partial charge in [-0.2, -0.15) is 0 Å². The van der Waals surface area contributed by atoms with Crippen LogP contribution in [0, 0.1) is 0 Å². The molecule has 0 unspecified atom stereocenters. The molecule has 1 aliphatic heterocycles. The van der Waals surface area contributed by atoms with Crippen LogP contribution in [0.3, 0.4) is 0 Å². The first-order chi connectivity index (χ1) is 13.8. The summed E-state index contributed by atoms with van der Waals surface area (Å²) in [5.41, 5.74) is 5.90. The minimum Gasteiger partial charge on any atom is -0.478 e. The summed E-state index contributed by atoms with van der Waals surface area (Å²) < 4.78 is 7.21. The first kappa shape index (κ1) is 19.3. The Balaban J connectivity index is 1.94. The smallest absolute Gasteiger partial charge is 0.335 e. The summed E-state index contributed by atoms with van der Waals surface area (Å²) in [5, 5.41) is 40.4. The fourth-order valence-corrected chi connectivity index (χ4v) is 3.72. The molecular weight excluding hydrogens is 380 g/mol. The molecule has 10 heteroatoms. The summed E-state index contributed by atoms with van der Waals surface area (Å²) in [6.07, 6.45) is -0.501. The van der Waals surface area contributed by atoms with Crippen LogP contribution in [0.1, 0.15) is 23.5 Å². The van der Waals surface area contributed by atoms with Crippen molar-refractivity contribution < 1.29 is 30.0 Å². The van der Waals surface area contributed by atoms with Crippen LogP contribution in [0.5, 0.6) is 0 Å². The summed E-state index contributed by atoms with van der Waals surface area (Å²) in [6.45, 7) is 0.927. The summed E-state index contributed by atoms with van der Waals surface area (Å²) in [6, 6.07) is 6.29. The van der Waals surface area contributed by atoms with E-state index in [1.807, 2.05) is 0 Å². The third kappa shape index (κ3) is 2.93. The van der Waals surface area contributed by atoms with Gasteiger partial charge in [0.1, 0.15) is 35.6 Å². The number of aliphatic hydroxyl groups excluding tert-OH is 2. The number of nitrogen functional groups attached to an aromatic ring is 1. The molecule has 1 aromatic carbocycles. The van der Waals surface area contributed by atoms with Crippen molar-refractivity contribution in [2.24, 2.45) is 0 Å². The minimum absolute atomic E-state index is 0.0960. The molecule has 0 radical (unpaired) electrons. The predicted molar refractivity (Wildman–Crippen MR) is 102 cm³/mol. The van der Waals surface area contributed by atoms with E-state index in [0.29, 0.717) is 22.2 Å². The van der Waals surface area contributed by atoms with Crippen molar-refractivity contribution in [3.63, 3.8) is 0 Å². The van der Waals surface area contributed by atoms with Gasteiger partial charge in [-0.1, -0.05) is 12.1 Å². The fourth-order valence-electron chi connectivity index (χ4n) is 3.72. The Morgan fingerprint density at radius 1 is 1.38 bits per heavy atom.